The summed E-state index contributed by atoms with van der Waals surface area (Å²) in [5, 5.41) is 11.9. The molecule has 0 aliphatic heterocycles. The maximum absolute atomic E-state index is 11.9. The van der Waals surface area contributed by atoms with E-state index in [1.165, 1.54) is 36.8 Å². The van der Waals surface area contributed by atoms with Crippen molar-refractivity contribution in [2.45, 2.75) is 71.8 Å². The molecule has 0 heterocycles. The highest BCUT2D eigenvalue weighted by atomic mass is 16.3. The predicted molar refractivity (Wildman–Crippen MR) is 77.4 cm³/mol. The third-order valence-corrected chi connectivity index (χ3v) is 3.46. The summed E-state index contributed by atoms with van der Waals surface area (Å²) in [6.45, 7) is 6.40. The van der Waals surface area contributed by atoms with Crippen LogP contribution in [0.1, 0.15) is 75.7 Å². The Morgan fingerprint density at radius 3 is 1.78 bits per heavy atom. The molecule has 1 heteroatoms. The van der Waals surface area contributed by atoms with E-state index in [-0.39, 0.29) is 0 Å². The molecule has 18 heavy (non-hydrogen) atoms. The molecule has 0 aliphatic carbocycles. The smallest absolute Gasteiger partial charge is 0.118 e. The molecule has 1 nitrogen and oxygen atoms in total. The Morgan fingerprint density at radius 1 is 0.889 bits per heavy atom. The molecule has 1 rings (SSSR count). The third-order valence-electron chi connectivity index (χ3n) is 3.46. The first-order valence-corrected chi connectivity index (χ1v) is 7.49. The van der Waals surface area contributed by atoms with E-state index in [4.69, 9.17) is 0 Å². The van der Waals surface area contributed by atoms with E-state index in [0.717, 1.165) is 18.4 Å². The Labute approximate surface area is 112 Å². The van der Waals surface area contributed by atoms with E-state index in [1.54, 1.807) is 0 Å². The minimum absolute atomic E-state index is 0.549. The van der Waals surface area contributed by atoms with Gasteiger partial charge in [-0.3, -0.25) is 0 Å². The summed E-state index contributed by atoms with van der Waals surface area (Å²) in [6, 6.07) is 6.57. The molecule has 0 amide bonds. The van der Waals surface area contributed by atoms with Gasteiger partial charge < -0.3 is 0 Å². The van der Waals surface area contributed by atoms with Gasteiger partial charge in [0.1, 0.15) is 6.10 Å². The molecule has 1 aromatic carbocycles. The summed E-state index contributed by atoms with van der Waals surface area (Å²) in [4.78, 5) is 0. The highest BCUT2D eigenvalue weighted by Gasteiger charge is 2.09. The van der Waals surface area contributed by atoms with Crippen molar-refractivity contribution < 1.29 is 5.11 Å². The third kappa shape index (κ3) is 4.81. The lowest BCUT2D eigenvalue weighted by molar-refractivity contribution is 0.0856. The molecular weight excluding hydrogens is 220 g/mol. The minimum atomic E-state index is -0.549. The van der Waals surface area contributed by atoms with E-state index >= 15 is 0 Å². The van der Waals surface area contributed by atoms with Crippen LogP contribution in [0, 0.1) is 0 Å². The Kier molecular flexibility index (Phi) is 7.04. The van der Waals surface area contributed by atoms with Gasteiger partial charge in [0.2, 0.25) is 0 Å². The largest absolute Gasteiger partial charge is 0.228 e. The van der Waals surface area contributed by atoms with Gasteiger partial charge in [0.15, 0.2) is 0 Å². The summed E-state index contributed by atoms with van der Waals surface area (Å²) in [6.07, 6.45) is 7.21. The number of hydrogen-bond donors (Lipinski definition) is 0. The summed E-state index contributed by atoms with van der Waals surface area (Å²) in [5.41, 5.74) is 3.71. The standard InChI is InChI=1S/C17H27O/c1-4-7-9-14-11-15(10-8-5-2)13-16(12-14)17(18)6-3/h11-13,17H,4-10H2,1-3H3. The van der Waals surface area contributed by atoms with Crippen molar-refractivity contribution in [1.82, 2.24) is 0 Å². The minimum Gasteiger partial charge on any atom is -0.228 e. The first-order valence-electron chi connectivity index (χ1n) is 7.49. The fourth-order valence-corrected chi connectivity index (χ4v) is 2.26. The maximum Gasteiger partial charge on any atom is 0.118 e. The molecule has 0 spiro atoms. The average Bonchev–Trinajstić information content (AvgIpc) is 2.41. The van der Waals surface area contributed by atoms with Crippen molar-refractivity contribution >= 4 is 0 Å². The van der Waals surface area contributed by atoms with Crippen molar-refractivity contribution in [3.63, 3.8) is 0 Å². The highest BCUT2D eigenvalue weighted by molar-refractivity contribution is 5.31. The molecule has 1 atom stereocenters. The van der Waals surface area contributed by atoms with Gasteiger partial charge in [-0.15, -0.1) is 0 Å². The van der Waals surface area contributed by atoms with Gasteiger partial charge in [0.25, 0.3) is 0 Å². The van der Waals surface area contributed by atoms with Gasteiger partial charge in [0, 0.05) is 0 Å². The maximum atomic E-state index is 11.9. The fourth-order valence-electron chi connectivity index (χ4n) is 2.26. The Morgan fingerprint density at radius 2 is 1.39 bits per heavy atom. The molecule has 0 bridgehead atoms. The lowest BCUT2D eigenvalue weighted by Gasteiger charge is -2.12. The van der Waals surface area contributed by atoms with E-state index in [0.29, 0.717) is 6.42 Å². The van der Waals surface area contributed by atoms with Crippen LogP contribution in [0.3, 0.4) is 0 Å². The van der Waals surface area contributed by atoms with Crippen molar-refractivity contribution in [1.29, 1.82) is 0 Å². The normalized spacial score (nSPS) is 12.7. The number of rotatable bonds is 8. The second kappa shape index (κ2) is 8.31. The second-order valence-corrected chi connectivity index (χ2v) is 5.19. The second-order valence-electron chi connectivity index (χ2n) is 5.19. The van der Waals surface area contributed by atoms with E-state index < -0.39 is 6.10 Å². The van der Waals surface area contributed by atoms with Crippen LogP contribution in [-0.4, -0.2) is 0 Å². The summed E-state index contributed by atoms with van der Waals surface area (Å²) < 4.78 is 0. The average molecular weight is 247 g/mol. The summed E-state index contributed by atoms with van der Waals surface area (Å²) in [5.74, 6) is 0. The van der Waals surface area contributed by atoms with Crippen LogP contribution in [-0.2, 0) is 17.9 Å². The zero-order chi connectivity index (χ0) is 13.4. The van der Waals surface area contributed by atoms with Gasteiger partial charge in [-0.2, -0.15) is 0 Å². The van der Waals surface area contributed by atoms with Crippen LogP contribution in [0.2, 0.25) is 0 Å². The zero-order valence-electron chi connectivity index (χ0n) is 12.2. The fraction of sp³-hybridized carbons (Fsp3) is 0.647. The van der Waals surface area contributed by atoms with Gasteiger partial charge in [-0.25, -0.2) is 5.11 Å². The molecule has 0 saturated carbocycles. The molecule has 0 aliphatic rings. The Hall–Kier alpha value is -0.820. The highest BCUT2D eigenvalue weighted by Crippen LogP contribution is 2.22. The first kappa shape index (κ1) is 15.2. The molecule has 0 saturated heterocycles. The molecular formula is C17H27O. The van der Waals surface area contributed by atoms with Crippen LogP contribution >= 0.6 is 0 Å². The molecule has 1 radical (unpaired) electrons. The Bertz CT molecular complexity index is 317. The van der Waals surface area contributed by atoms with Gasteiger partial charge >= 0.3 is 0 Å². The first-order chi connectivity index (χ1) is 8.71. The molecule has 1 aromatic rings. The number of unbranched alkanes of at least 4 members (excludes halogenated alkanes) is 2. The van der Waals surface area contributed by atoms with Gasteiger partial charge in [-0.05, 0) is 48.8 Å². The van der Waals surface area contributed by atoms with Crippen molar-refractivity contribution in [2.75, 3.05) is 0 Å². The number of benzene rings is 1. The van der Waals surface area contributed by atoms with Crippen LogP contribution in [0.4, 0.5) is 0 Å². The van der Waals surface area contributed by atoms with Crippen LogP contribution in [0.5, 0.6) is 0 Å². The quantitative estimate of drug-likeness (QED) is 0.597. The summed E-state index contributed by atoms with van der Waals surface area (Å²) >= 11 is 0. The Balaban J connectivity index is 2.88. The number of hydrogen-bond acceptors (Lipinski definition) is 0. The van der Waals surface area contributed by atoms with Crippen LogP contribution in [0.25, 0.3) is 0 Å². The predicted octanol–water partition coefficient (Wildman–Crippen LogP) is 5.25. The van der Waals surface area contributed by atoms with Crippen LogP contribution < -0.4 is 0 Å². The van der Waals surface area contributed by atoms with E-state index in [9.17, 15) is 5.11 Å². The van der Waals surface area contributed by atoms with Crippen LogP contribution in [0.15, 0.2) is 18.2 Å². The van der Waals surface area contributed by atoms with Gasteiger partial charge in [-0.1, -0.05) is 51.8 Å². The van der Waals surface area contributed by atoms with E-state index in [1.807, 2.05) is 6.92 Å². The monoisotopic (exact) mass is 247 g/mol. The SMILES string of the molecule is CCCCc1cc(CCCC)cc(C([O])CC)c1. The molecule has 0 N–H and O–H groups in total. The lowest BCUT2D eigenvalue weighted by atomic mass is 9.96. The zero-order valence-corrected chi connectivity index (χ0v) is 12.2. The lowest BCUT2D eigenvalue weighted by Crippen LogP contribution is -1.99. The molecule has 101 valence electrons. The summed E-state index contributed by atoms with van der Waals surface area (Å²) in [7, 11) is 0. The molecule has 0 fully saturated rings. The van der Waals surface area contributed by atoms with Crippen molar-refractivity contribution in [3.05, 3.63) is 34.9 Å². The van der Waals surface area contributed by atoms with Gasteiger partial charge in [0.05, 0.1) is 0 Å². The number of aryl methyl sites for hydroxylation is 2. The molecule has 0 aromatic heterocycles. The van der Waals surface area contributed by atoms with Crippen molar-refractivity contribution in [2.24, 2.45) is 0 Å². The topological polar surface area (TPSA) is 19.9 Å². The molecule has 1 unspecified atom stereocenters. The van der Waals surface area contributed by atoms with Crippen molar-refractivity contribution in [3.8, 4) is 0 Å². The van der Waals surface area contributed by atoms with E-state index in [2.05, 4.69) is 32.0 Å².